The highest BCUT2D eigenvalue weighted by molar-refractivity contribution is 5.91. The molecule has 20 heavy (non-hydrogen) atoms. The van der Waals surface area contributed by atoms with Gasteiger partial charge in [0.15, 0.2) is 0 Å². The van der Waals surface area contributed by atoms with Crippen molar-refractivity contribution in [3.05, 3.63) is 23.0 Å². The zero-order valence-electron chi connectivity index (χ0n) is 11.9. The van der Waals surface area contributed by atoms with E-state index in [9.17, 15) is 9.59 Å². The van der Waals surface area contributed by atoms with Gasteiger partial charge in [-0.3, -0.25) is 4.79 Å². The summed E-state index contributed by atoms with van der Waals surface area (Å²) < 4.78 is 7.60. The summed E-state index contributed by atoms with van der Waals surface area (Å²) in [7, 11) is 0. The Kier molecular flexibility index (Phi) is 3.28. The van der Waals surface area contributed by atoms with Gasteiger partial charge < -0.3 is 14.6 Å². The van der Waals surface area contributed by atoms with Crippen molar-refractivity contribution in [2.75, 3.05) is 13.2 Å². The van der Waals surface area contributed by atoms with E-state index in [2.05, 4.69) is 9.88 Å². The molecule has 1 aliphatic heterocycles. The molecule has 5 nitrogen and oxygen atoms in total. The molecule has 2 fully saturated rings. The molecule has 108 valence electrons. The average molecular weight is 276 g/mol. The Balaban J connectivity index is 1.65. The first kappa shape index (κ1) is 13.2. The number of ether oxygens (including phenoxy) is 1. The maximum atomic E-state index is 12.2. The van der Waals surface area contributed by atoms with Crippen LogP contribution in [0.25, 0.3) is 0 Å². The lowest BCUT2D eigenvalue weighted by Gasteiger charge is -2.10. The molecule has 0 unspecified atom stereocenters. The van der Waals surface area contributed by atoms with E-state index in [1.165, 1.54) is 12.8 Å². The topological polar surface area (TPSA) is 60.3 Å². The van der Waals surface area contributed by atoms with Crippen LogP contribution in [0.1, 0.15) is 47.1 Å². The van der Waals surface area contributed by atoms with Crippen molar-refractivity contribution < 1.29 is 14.3 Å². The number of nitrogens with one attached hydrogen (secondary N) is 1. The van der Waals surface area contributed by atoms with Gasteiger partial charge in [0, 0.05) is 36.3 Å². The zero-order chi connectivity index (χ0) is 14.3. The molecule has 1 N–H and O–H groups in total. The highest BCUT2D eigenvalue weighted by Gasteiger charge is 2.29. The van der Waals surface area contributed by atoms with Gasteiger partial charge in [0.1, 0.15) is 0 Å². The Morgan fingerprint density at radius 1 is 1.45 bits per heavy atom. The van der Waals surface area contributed by atoms with Crippen molar-refractivity contribution in [2.45, 2.75) is 39.2 Å². The molecular weight excluding hydrogens is 256 g/mol. The van der Waals surface area contributed by atoms with Crippen LogP contribution in [0.15, 0.2) is 6.07 Å². The number of nitrogens with zero attached hydrogens (tertiary/aromatic N) is 1. The number of carbonyl (C=O) groups excluding carboxylic acids is 2. The van der Waals surface area contributed by atoms with Crippen LogP contribution in [0.5, 0.6) is 0 Å². The first-order valence-corrected chi connectivity index (χ1v) is 7.18. The molecule has 3 rings (SSSR count). The molecule has 1 aromatic rings. The number of hydrogen-bond acceptors (Lipinski definition) is 3. The van der Waals surface area contributed by atoms with Crippen LogP contribution in [0.4, 0.5) is 0 Å². The zero-order valence-corrected chi connectivity index (χ0v) is 11.9. The summed E-state index contributed by atoms with van der Waals surface area (Å²) in [6.07, 6.45) is 2.84. The van der Waals surface area contributed by atoms with Crippen LogP contribution >= 0.6 is 0 Å². The fourth-order valence-corrected chi connectivity index (χ4v) is 2.93. The average Bonchev–Trinajstić information content (AvgIpc) is 3.08. The summed E-state index contributed by atoms with van der Waals surface area (Å²) in [6, 6.07) is 2.47. The Morgan fingerprint density at radius 2 is 2.20 bits per heavy atom. The highest BCUT2D eigenvalue weighted by atomic mass is 16.5. The van der Waals surface area contributed by atoms with Gasteiger partial charge in [-0.2, -0.15) is 0 Å². The number of amides is 1. The minimum absolute atomic E-state index is 0.0398. The second-order valence-electron chi connectivity index (χ2n) is 5.86. The van der Waals surface area contributed by atoms with Gasteiger partial charge in [-0.1, -0.05) is 0 Å². The SMILES string of the molecule is Cc1cc(C(=O)OC[C@@H]2CNC(=O)C2)c(C)n1C1CC1. The molecule has 1 aliphatic carbocycles. The van der Waals surface area contributed by atoms with E-state index in [1.54, 1.807) is 0 Å². The molecule has 1 saturated carbocycles. The van der Waals surface area contributed by atoms with Gasteiger partial charge in [-0.15, -0.1) is 0 Å². The minimum Gasteiger partial charge on any atom is -0.462 e. The standard InChI is InChI=1S/C15H20N2O3/c1-9-5-13(10(2)17(9)12-3-4-12)15(19)20-8-11-6-14(18)16-7-11/h5,11-12H,3-4,6-8H2,1-2H3,(H,16,18)/t11-/m0/s1. The second kappa shape index (κ2) is 4.96. The number of esters is 1. The van der Waals surface area contributed by atoms with Crippen molar-refractivity contribution in [1.82, 2.24) is 9.88 Å². The number of aromatic nitrogens is 1. The highest BCUT2D eigenvalue weighted by Crippen LogP contribution is 2.38. The maximum Gasteiger partial charge on any atom is 0.339 e. The fourth-order valence-electron chi connectivity index (χ4n) is 2.93. The first-order chi connectivity index (χ1) is 9.56. The fraction of sp³-hybridized carbons (Fsp3) is 0.600. The summed E-state index contributed by atoms with van der Waals surface area (Å²) >= 11 is 0. The van der Waals surface area contributed by atoms with Crippen molar-refractivity contribution in [3.8, 4) is 0 Å². The van der Waals surface area contributed by atoms with Crippen molar-refractivity contribution in [2.24, 2.45) is 5.92 Å². The molecule has 2 heterocycles. The van der Waals surface area contributed by atoms with Crippen LogP contribution in [0.2, 0.25) is 0 Å². The van der Waals surface area contributed by atoms with Crippen LogP contribution in [-0.4, -0.2) is 29.6 Å². The Morgan fingerprint density at radius 3 is 2.80 bits per heavy atom. The molecule has 2 aliphatic rings. The third kappa shape index (κ3) is 2.44. The van der Waals surface area contributed by atoms with Gasteiger partial charge in [0.25, 0.3) is 0 Å². The van der Waals surface area contributed by atoms with Gasteiger partial charge in [-0.25, -0.2) is 4.79 Å². The van der Waals surface area contributed by atoms with E-state index < -0.39 is 0 Å². The summed E-state index contributed by atoms with van der Waals surface area (Å²) in [6.45, 7) is 4.92. The number of hydrogen-bond donors (Lipinski definition) is 1. The number of carbonyl (C=O) groups is 2. The number of aryl methyl sites for hydroxylation is 1. The molecule has 5 heteroatoms. The summed E-state index contributed by atoms with van der Waals surface area (Å²) in [4.78, 5) is 23.3. The Hall–Kier alpha value is -1.78. The van der Waals surface area contributed by atoms with E-state index in [4.69, 9.17) is 4.74 Å². The van der Waals surface area contributed by atoms with Crippen LogP contribution in [0, 0.1) is 19.8 Å². The molecular formula is C15H20N2O3. The van der Waals surface area contributed by atoms with Gasteiger partial charge >= 0.3 is 5.97 Å². The van der Waals surface area contributed by atoms with Gasteiger partial charge in [0.05, 0.1) is 12.2 Å². The summed E-state index contributed by atoms with van der Waals surface area (Å²) in [5.74, 6) is -0.124. The largest absolute Gasteiger partial charge is 0.462 e. The molecule has 1 atom stereocenters. The first-order valence-electron chi connectivity index (χ1n) is 7.18. The van der Waals surface area contributed by atoms with Gasteiger partial charge in [0.2, 0.25) is 5.91 Å². The van der Waals surface area contributed by atoms with Crippen molar-refractivity contribution >= 4 is 11.9 Å². The van der Waals surface area contributed by atoms with Crippen molar-refractivity contribution in [1.29, 1.82) is 0 Å². The lowest BCUT2D eigenvalue weighted by atomic mass is 10.1. The third-order valence-electron chi connectivity index (χ3n) is 4.13. The second-order valence-corrected chi connectivity index (χ2v) is 5.86. The molecule has 1 amide bonds. The Labute approximate surface area is 118 Å². The predicted molar refractivity (Wildman–Crippen MR) is 73.6 cm³/mol. The monoisotopic (exact) mass is 276 g/mol. The maximum absolute atomic E-state index is 12.2. The van der Waals surface area contributed by atoms with Crippen LogP contribution < -0.4 is 5.32 Å². The van der Waals surface area contributed by atoms with E-state index in [-0.39, 0.29) is 17.8 Å². The lowest BCUT2D eigenvalue weighted by molar-refractivity contribution is -0.119. The quantitative estimate of drug-likeness (QED) is 0.852. The van der Waals surface area contributed by atoms with E-state index in [0.717, 1.165) is 11.4 Å². The summed E-state index contributed by atoms with van der Waals surface area (Å²) in [5.41, 5.74) is 2.77. The van der Waals surface area contributed by atoms with E-state index in [0.29, 0.717) is 31.2 Å². The molecule has 1 aromatic heterocycles. The smallest absolute Gasteiger partial charge is 0.339 e. The van der Waals surface area contributed by atoms with Crippen molar-refractivity contribution in [3.63, 3.8) is 0 Å². The van der Waals surface area contributed by atoms with E-state index >= 15 is 0 Å². The Bertz CT molecular complexity index is 558. The molecule has 0 aromatic carbocycles. The molecule has 0 spiro atoms. The van der Waals surface area contributed by atoms with Gasteiger partial charge in [-0.05, 0) is 32.8 Å². The predicted octanol–water partition coefficient (Wildman–Crippen LogP) is 1.73. The van der Waals surface area contributed by atoms with Crippen LogP contribution in [0.3, 0.4) is 0 Å². The molecule has 0 radical (unpaired) electrons. The minimum atomic E-state index is -0.274. The normalized spacial score (nSPS) is 21.9. The molecule has 1 saturated heterocycles. The molecule has 0 bridgehead atoms. The third-order valence-corrected chi connectivity index (χ3v) is 4.13. The number of rotatable bonds is 4. The van der Waals surface area contributed by atoms with Crippen LogP contribution in [-0.2, 0) is 9.53 Å². The summed E-state index contributed by atoms with van der Waals surface area (Å²) in [5, 5.41) is 2.75. The van der Waals surface area contributed by atoms with E-state index in [1.807, 2.05) is 19.9 Å². The lowest BCUT2D eigenvalue weighted by Crippen LogP contribution is -2.18.